The highest BCUT2D eigenvalue weighted by Gasteiger charge is 2.46. The third kappa shape index (κ3) is 9.91. The second-order valence-electron chi connectivity index (χ2n) is 12.1. The first-order valence-corrected chi connectivity index (χ1v) is 19.1. The molecule has 296 valence electrons. The molecule has 0 aromatic carbocycles. The molecule has 0 saturated carbocycles. The zero-order valence-electron chi connectivity index (χ0n) is 28.5. The first-order chi connectivity index (χ1) is 25.5. The molecule has 1 amide bonds. The van der Waals surface area contributed by atoms with Crippen LogP contribution in [0, 0.1) is 0 Å². The Morgan fingerprint density at radius 1 is 1.07 bits per heavy atom. The fourth-order valence-electron chi connectivity index (χ4n) is 5.70. The molecule has 8 N–H and O–H groups in total. The van der Waals surface area contributed by atoms with Crippen molar-refractivity contribution in [2.24, 2.45) is 0 Å². The highest BCUT2D eigenvalue weighted by molar-refractivity contribution is 7.47. The largest absolute Gasteiger partial charge is 0.472 e. The molecule has 5 heterocycles. The molecule has 2 fully saturated rings. The molecular formula is C28H39N9O15P2. The van der Waals surface area contributed by atoms with E-state index in [1.807, 2.05) is 0 Å². The number of hydrogen-bond acceptors (Lipinski definition) is 18. The van der Waals surface area contributed by atoms with Gasteiger partial charge in [0, 0.05) is 32.5 Å². The van der Waals surface area contributed by atoms with Crippen LogP contribution in [0.4, 0.5) is 11.6 Å². The van der Waals surface area contributed by atoms with E-state index in [2.05, 4.69) is 31.0 Å². The molecule has 2 aliphatic rings. The lowest BCUT2D eigenvalue weighted by atomic mass is 10.1. The van der Waals surface area contributed by atoms with Crippen molar-refractivity contribution in [3.05, 3.63) is 48.1 Å². The number of esters is 1. The number of likely N-dealkylation sites (N-methyl/N-ethyl adjacent to an activating group) is 1. The fraction of sp³-hybridized carbons (Fsp3) is 0.536. The Hall–Kier alpha value is -4.19. The maximum absolute atomic E-state index is 13.4. The number of aliphatic hydroxyl groups excluding tert-OH is 1. The second kappa shape index (κ2) is 17.1. The Balaban J connectivity index is 1.33. The van der Waals surface area contributed by atoms with E-state index in [0.29, 0.717) is 6.42 Å². The Labute approximate surface area is 305 Å². The van der Waals surface area contributed by atoms with Gasteiger partial charge in [-0.05, 0) is 12.5 Å². The van der Waals surface area contributed by atoms with Gasteiger partial charge < -0.3 is 50.4 Å². The summed E-state index contributed by atoms with van der Waals surface area (Å²) >= 11 is 0. The Kier molecular flexibility index (Phi) is 13.0. The third-order valence-corrected chi connectivity index (χ3v) is 9.93. The minimum absolute atomic E-state index is 0.0199. The van der Waals surface area contributed by atoms with Crippen LogP contribution in [0.2, 0.25) is 0 Å². The molecule has 24 nitrogen and oxygen atoms in total. The van der Waals surface area contributed by atoms with Gasteiger partial charge in [-0.2, -0.15) is 4.98 Å². The monoisotopic (exact) mass is 803 g/mol. The molecule has 0 aliphatic carbocycles. The number of allylic oxidation sites excluding steroid dienone is 1. The van der Waals surface area contributed by atoms with E-state index in [4.69, 9.17) is 34.7 Å². The lowest BCUT2D eigenvalue weighted by Gasteiger charge is -2.27. The number of amides is 1. The number of phosphoric ester groups is 2. The molecule has 0 spiro atoms. The highest BCUT2D eigenvalue weighted by Crippen LogP contribution is 2.50. The van der Waals surface area contributed by atoms with Gasteiger partial charge in [0.05, 0.1) is 26.1 Å². The van der Waals surface area contributed by atoms with Crippen molar-refractivity contribution in [2.45, 2.75) is 68.6 Å². The molecular weight excluding hydrogens is 764 g/mol. The summed E-state index contributed by atoms with van der Waals surface area (Å²) in [5.74, 6) is -1.49. The zero-order valence-corrected chi connectivity index (χ0v) is 30.3. The third-order valence-electron chi connectivity index (χ3n) is 8.43. The Bertz CT molecular complexity index is 1990. The lowest BCUT2D eigenvalue weighted by Crippen LogP contribution is -2.47. The predicted octanol–water partition coefficient (Wildman–Crippen LogP) is -0.869. The van der Waals surface area contributed by atoms with Crippen molar-refractivity contribution in [2.75, 3.05) is 38.3 Å². The summed E-state index contributed by atoms with van der Waals surface area (Å²) in [7, 11) is -8.83. The van der Waals surface area contributed by atoms with Gasteiger partial charge in [0.1, 0.15) is 54.5 Å². The fourth-order valence-corrected chi connectivity index (χ4v) is 7.00. The van der Waals surface area contributed by atoms with Crippen molar-refractivity contribution in [3.8, 4) is 0 Å². The average Bonchev–Trinajstić information content (AvgIpc) is 3.82. The van der Waals surface area contributed by atoms with Crippen molar-refractivity contribution in [1.82, 2.24) is 34.0 Å². The van der Waals surface area contributed by atoms with Gasteiger partial charge >= 0.3 is 27.3 Å². The van der Waals surface area contributed by atoms with Crippen LogP contribution in [0.25, 0.3) is 11.2 Å². The number of imidazole rings is 1. The number of anilines is 2. The van der Waals surface area contributed by atoms with Gasteiger partial charge in [-0.25, -0.2) is 33.7 Å². The number of phosphoric acid groups is 2. The molecule has 3 unspecified atom stereocenters. The number of nitrogens with two attached hydrogens (primary N) is 2. The van der Waals surface area contributed by atoms with Gasteiger partial charge in [0.15, 0.2) is 17.5 Å². The van der Waals surface area contributed by atoms with E-state index >= 15 is 0 Å². The summed E-state index contributed by atoms with van der Waals surface area (Å²) in [5.41, 5.74) is 11.1. The van der Waals surface area contributed by atoms with Crippen molar-refractivity contribution in [1.29, 1.82) is 0 Å². The predicted molar refractivity (Wildman–Crippen MR) is 181 cm³/mol. The SMILES string of the molecule is C=CCCC(=O)N(C)[C@@H](CO)C(=O)OC1C[C@H](n2cnc3c(N)ncnc32)O[C@@H]1COP(=O)(O)OC1C[C@H](n2ccc(N)nc2=O)O[C@@H]1COP(=O)(O)O. The number of fused-ring (bicyclic) bond motifs is 1. The number of hydrogen-bond donors (Lipinski definition) is 6. The summed E-state index contributed by atoms with van der Waals surface area (Å²) in [4.78, 5) is 84.6. The van der Waals surface area contributed by atoms with Gasteiger partial charge in [-0.3, -0.25) is 27.5 Å². The molecule has 0 bridgehead atoms. The molecule has 26 heteroatoms. The second-order valence-corrected chi connectivity index (χ2v) is 14.7. The molecule has 3 aromatic heterocycles. The van der Waals surface area contributed by atoms with E-state index in [0.717, 1.165) is 9.47 Å². The smallest absolute Gasteiger partial charge is 0.458 e. The Morgan fingerprint density at radius 3 is 2.41 bits per heavy atom. The first kappa shape index (κ1) is 41.0. The average molecular weight is 804 g/mol. The zero-order chi connectivity index (χ0) is 39.4. The van der Waals surface area contributed by atoms with Gasteiger partial charge in [0.25, 0.3) is 0 Å². The van der Waals surface area contributed by atoms with Crippen molar-refractivity contribution in [3.63, 3.8) is 0 Å². The van der Waals surface area contributed by atoms with Crippen LogP contribution in [-0.2, 0) is 46.5 Å². The van der Waals surface area contributed by atoms with Crippen molar-refractivity contribution < 1.29 is 66.3 Å². The molecule has 3 aromatic rings. The van der Waals surface area contributed by atoms with Crippen molar-refractivity contribution >= 4 is 50.3 Å². The van der Waals surface area contributed by atoms with E-state index in [1.54, 1.807) is 0 Å². The number of carbonyl (C=O) groups is 2. The maximum Gasteiger partial charge on any atom is 0.472 e. The topological polar surface area (TPSA) is 338 Å². The van der Waals surface area contributed by atoms with Crippen LogP contribution >= 0.6 is 15.6 Å². The van der Waals surface area contributed by atoms with E-state index in [-0.39, 0.29) is 42.1 Å². The Morgan fingerprint density at radius 2 is 1.74 bits per heavy atom. The van der Waals surface area contributed by atoms with Gasteiger partial charge in [-0.1, -0.05) is 6.08 Å². The minimum Gasteiger partial charge on any atom is -0.458 e. The molecule has 8 atom stereocenters. The quantitative estimate of drug-likeness (QED) is 0.0549. The molecule has 54 heavy (non-hydrogen) atoms. The molecule has 2 saturated heterocycles. The summed E-state index contributed by atoms with van der Waals surface area (Å²) in [6, 6.07) is -0.128. The number of rotatable bonds is 17. The first-order valence-electron chi connectivity index (χ1n) is 16.1. The van der Waals surface area contributed by atoms with E-state index in [1.165, 1.54) is 42.6 Å². The standard InChI is InChI=1S/C28H39N9O15P2/c1-3-4-5-21(39)35(2)15(10-38)27(40)51-16-8-23(37-14-33-24-25(30)31-13-32-26(24)37)49-18(16)12-48-54(45,46)52-17-9-22(36-7-6-20(29)34-28(36)41)50-19(17)11-47-53(42,43)44/h3,6-7,13-19,22-23,38H,1,4-5,8-12H2,2H3,(H,45,46)(H2,29,34,41)(H2,30,31,32)(H2,42,43,44)/t15-,16?,17?,18+,19+,22+,23+/m0/s1. The van der Waals surface area contributed by atoms with Crippen LogP contribution in [0.1, 0.15) is 38.1 Å². The summed E-state index contributed by atoms with van der Waals surface area (Å²) in [6.45, 7) is 1.21. The van der Waals surface area contributed by atoms with Crippen LogP contribution in [0.15, 0.2) is 42.4 Å². The van der Waals surface area contributed by atoms with Crippen LogP contribution in [0.5, 0.6) is 0 Å². The molecule has 5 rings (SSSR count). The minimum atomic E-state index is -5.11. The van der Waals surface area contributed by atoms with E-state index in [9.17, 15) is 43.3 Å². The normalized spacial score (nSPS) is 24.6. The van der Waals surface area contributed by atoms with Crippen LogP contribution in [0.3, 0.4) is 0 Å². The number of carbonyl (C=O) groups excluding carboxylic acids is 2. The number of aromatic nitrogens is 6. The maximum atomic E-state index is 13.4. The summed E-state index contributed by atoms with van der Waals surface area (Å²) < 4.78 is 59.9. The van der Waals surface area contributed by atoms with E-state index < -0.39 is 95.9 Å². The number of aliphatic hydroxyl groups is 1. The molecule has 2 aliphatic heterocycles. The number of nitrogen functional groups attached to an aromatic ring is 2. The summed E-state index contributed by atoms with van der Waals surface area (Å²) in [6.07, 6.45) is -2.22. The highest BCUT2D eigenvalue weighted by atomic mass is 31.2. The molecule has 0 radical (unpaired) electrons. The number of nitrogens with zero attached hydrogens (tertiary/aromatic N) is 7. The van der Waals surface area contributed by atoms with Gasteiger partial charge in [-0.15, -0.1) is 6.58 Å². The lowest BCUT2D eigenvalue weighted by molar-refractivity contribution is -0.163. The van der Waals surface area contributed by atoms with Crippen LogP contribution in [-0.4, -0.2) is 123 Å². The van der Waals surface area contributed by atoms with Gasteiger partial charge in [0.2, 0.25) is 5.91 Å². The number of ether oxygens (including phenoxy) is 3. The van der Waals surface area contributed by atoms with Crippen LogP contribution < -0.4 is 17.2 Å². The summed E-state index contributed by atoms with van der Waals surface area (Å²) in [5, 5.41) is 10.0.